The van der Waals surface area contributed by atoms with Gasteiger partial charge < -0.3 is 15.6 Å². The lowest BCUT2D eigenvalue weighted by atomic mass is 10.0. The Balaban J connectivity index is 3.05. The Bertz CT molecular complexity index is 554. The van der Waals surface area contributed by atoms with Gasteiger partial charge in [0.25, 0.3) is 0 Å². The van der Waals surface area contributed by atoms with Gasteiger partial charge in [0.05, 0.1) is 5.56 Å². The van der Waals surface area contributed by atoms with Crippen molar-refractivity contribution in [2.75, 3.05) is 0 Å². The van der Waals surface area contributed by atoms with Gasteiger partial charge in [-0.15, -0.1) is 13.2 Å². The van der Waals surface area contributed by atoms with Crippen LogP contribution in [0.1, 0.15) is 15.9 Å². The maximum Gasteiger partial charge on any atom is 0.575 e. The standard InChI is InChI=1S/C11H8Br2F3NO4/c12-5-1-4(3-7(17)9(18)19)2-6(13)8(5)10(20)21-11(14,15)16/h1-2,7H,3,17H2,(H,18,19). The number of nitrogens with two attached hydrogens (primary N) is 1. The summed E-state index contributed by atoms with van der Waals surface area (Å²) in [6, 6.07) is 1.44. The summed E-state index contributed by atoms with van der Waals surface area (Å²) in [5, 5.41) is 8.70. The number of hydrogen-bond acceptors (Lipinski definition) is 4. The van der Waals surface area contributed by atoms with Gasteiger partial charge in [0.1, 0.15) is 6.04 Å². The Kier molecular flexibility index (Phi) is 5.76. The molecule has 1 aromatic carbocycles. The third kappa shape index (κ3) is 5.29. The Labute approximate surface area is 133 Å². The predicted molar refractivity (Wildman–Crippen MR) is 72.6 cm³/mol. The molecule has 0 aliphatic rings. The SMILES string of the molecule is NC(Cc1cc(Br)c(C(=O)OC(F)(F)F)c(Br)c1)C(=O)O. The van der Waals surface area contributed by atoms with Crippen LogP contribution in [0.5, 0.6) is 0 Å². The van der Waals surface area contributed by atoms with Crippen LogP contribution in [0, 0.1) is 0 Å². The zero-order chi connectivity index (χ0) is 16.4. The number of benzene rings is 1. The summed E-state index contributed by atoms with van der Waals surface area (Å²) in [6.07, 6.45) is -5.15. The van der Waals surface area contributed by atoms with Gasteiger partial charge in [0, 0.05) is 8.95 Å². The summed E-state index contributed by atoms with van der Waals surface area (Å²) >= 11 is 5.89. The molecule has 0 radical (unpaired) electrons. The summed E-state index contributed by atoms with van der Waals surface area (Å²) in [6.45, 7) is 0. The van der Waals surface area contributed by atoms with Crippen molar-refractivity contribution in [1.82, 2.24) is 0 Å². The van der Waals surface area contributed by atoms with Crippen molar-refractivity contribution >= 4 is 43.8 Å². The molecule has 1 unspecified atom stereocenters. The molecule has 0 amide bonds. The lowest BCUT2D eigenvalue weighted by Crippen LogP contribution is -2.32. The Morgan fingerprint density at radius 2 is 1.76 bits per heavy atom. The molecule has 0 aliphatic heterocycles. The molecule has 116 valence electrons. The summed E-state index contributed by atoms with van der Waals surface area (Å²) in [5.74, 6) is -2.81. The molecular formula is C11H8Br2F3NO4. The van der Waals surface area contributed by atoms with Crippen LogP contribution in [0.3, 0.4) is 0 Å². The maximum absolute atomic E-state index is 12.0. The molecule has 0 aliphatic carbocycles. The first-order chi connectivity index (χ1) is 9.51. The van der Waals surface area contributed by atoms with Gasteiger partial charge in [-0.2, -0.15) is 0 Å². The molecule has 10 heteroatoms. The molecule has 1 rings (SSSR count). The van der Waals surface area contributed by atoms with E-state index in [0.717, 1.165) is 0 Å². The third-order valence-electron chi connectivity index (χ3n) is 2.29. The highest BCUT2D eigenvalue weighted by Gasteiger charge is 2.35. The fourth-order valence-corrected chi connectivity index (χ4v) is 3.04. The summed E-state index contributed by atoms with van der Waals surface area (Å²) in [5.41, 5.74) is 5.42. The largest absolute Gasteiger partial charge is 0.575 e. The normalized spacial score (nSPS) is 12.9. The fourth-order valence-electron chi connectivity index (χ4n) is 1.44. The quantitative estimate of drug-likeness (QED) is 0.711. The van der Waals surface area contributed by atoms with Crippen LogP contribution < -0.4 is 5.73 Å². The lowest BCUT2D eigenvalue weighted by Gasteiger charge is -2.12. The van der Waals surface area contributed by atoms with E-state index in [1.165, 1.54) is 12.1 Å². The van der Waals surface area contributed by atoms with Gasteiger partial charge in [-0.05, 0) is 56.0 Å². The van der Waals surface area contributed by atoms with Crippen LogP contribution in [0.4, 0.5) is 13.2 Å². The van der Waals surface area contributed by atoms with E-state index in [4.69, 9.17) is 10.8 Å². The summed E-state index contributed by atoms with van der Waals surface area (Å²) in [4.78, 5) is 22.1. The molecule has 0 saturated carbocycles. The van der Waals surface area contributed by atoms with Crippen molar-refractivity contribution in [2.24, 2.45) is 5.73 Å². The minimum absolute atomic E-state index is 0.0266. The van der Waals surface area contributed by atoms with Crippen molar-refractivity contribution in [3.05, 3.63) is 32.2 Å². The lowest BCUT2D eigenvalue weighted by molar-refractivity contribution is -0.291. The Morgan fingerprint density at radius 3 is 2.14 bits per heavy atom. The zero-order valence-corrected chi connectivity index (χ0v) is 13.3. The molecule has 0 fully saturated rings. The number of aliphatic carboxylic acids is 1. The number of rotatable bonds is 4. The van der Waals surface area contributed by atoms with Gasteiger partial charge in [-0.25, -0.2) is 4.79 Å². The molecule has 3 N–H and O–H groups in total. The highest BCUT2D eigenvalue weighted by molar-refractivity contribution is 9.11. The van der Waals surface area contributed by atoms with Gasteiger partial charge in [0.2, 0.25) is 0 Å². The van der Waals surface area contributed by atoms with Crippen LogP contribution >= 0.6 is 31.9 Å². The molecule has 21 heavy (non-hydrogen) atoms. The van der Waals surface area contributed by atoms with Crippen LogP contribution in [-0.2, 0) is 16.0 Å². The summed E-state index contributed by atoms with van der Waals surface area (Å²) < 4.78 is 39.5. The molecule has 0 saturated heterocycles. The number of carbonyl (C=O) groups is 2. The van der Waals surface area contributed by atoms with Crippen molar-refractivity contribution in [2.45, 2.75) is 18.8 Å². The van der Waals surface area contributed by atoms with E-state index < -0.39 is 24.3 Å². The van der Waals surface area contributed by atoms with Gasteiger partial charge in [-0.1, -0.05) is 0 Å². The minimum Gasteiger partial charge on any atom is -0.480 e. The van der Waals surface area contributed by atoms with Crippen molar-refractivity contribution in [3.8, 4) is 0 Å². The monoisotopic (exact) mass is 433 g/mol. The minimum atomic E-state index is -5.10. The highest BCUT2D eigenvalue weighted by atomic mass is 79.9. The summed E-state index contributed by atoms with van der Waals surface area (Å²) in [7, 11) is 0. The molecule has 0 spiro atoms. The van der Waals surface area contributed by atoms with Crippen LogP contribution in [0.15, 0.2) is 21.1 Å². The highest BCUT2D eigenvalue weighted by Crippen LogP contribution is 2.30. The first-order valence-electron chi connectivity index (χ1n) is 5.27. The van der Waals surface area contributed by atoms with Crippen LogP contribution in [0.2, 0.25) is 0 Å². The van der Waals surface area contributed by atoms with E-state index in [1.807, 2.05) is 0 Å². The van der Waals surface area contributed by atoms with E-state index in [2.05, 4.69) is 36.6 Å². The number of alkyl halides is 3. The number of esters is 1. The number of halogens is 5. The molecule has 0 aromatic heterocycles. The van der Waals surface area contributed by atoms with Gasteiger partial charge in [-0.3, -0.25) is 4.79 Å². The third-order valence-corrected chi connectivity index (χ3v) is 3.54. The van der Waals surface area contributed by atoms with E-state index >= 15 is 0 Å². The maximum atomic E-state index is 12.0. The molecular weight excluding hydrogens is 427 g/mol. The van der Waals surface area contributed by atoms with E-state index in [1.54, 1.807) is 0 Å². The molecule has 1 atom stereocenters. The second-order valence-electron chi connectivity index (χ2n) is 3.92. The second-order valence-corrected chi connectivity index (χ2v) is 5.63. The number of carbonyl (C=O) groups excluding carboxylic acids is 1. The van der Waals surface area contributed by atoms with E-state index in [9.17, 15) is 22.8 Å². The van der Waals surface area contributed by atoms with Gasteiger partial charge in [0.15, 0.2) is 0 Å². The molecule has 1 aromatic rings. The number of hydrogen-bond donors (Lipinski definition) is 2. The predicted octanol–water partition coefficient (Wildman–Crippen LogP) is 2.84. The first-order valence-corrected chi connectivity index (χ1v) is 6.86. The zero-order valence-electron chi connectivity index (χ0n) is 10.1. The number of carboxylic acid groups (broad SMARTS) is 1. The fraction of sp³-hybridized carbons (Fsp3) is 0.273. The second kappa shape index (κ2) is 6.75. The van der Waals surface area contributed by atoms with Crippen molar-refractivity contribution in [3.63, 3.8) is 0 Å². The Hall–Kier alpha value is -1.13. The average molecular weight is 435 g/mol. The smallest absolute Gasteiger partial charge is 0.480 e. The van der Waals surface area contributed by atoms with Crippen LogP contribution in [-0.4, -0.2) is 29.4 Å². The Morgan fingerprint density at radius 1 is 1.29 bits per heavy atom. The number of carboxylic acids is 1. The average Bonchev–Trinajstić information content (AvgIpc) is 2.24. The number of ether oxygens (including phenoxy) is 1. The van der Waals surface area contributed by atoms with Crippen LogP contribution in [0.25, 0.3) is 0 Å². The molecule has 0 heterocycles. The molecule has 5 nitrogen and oxygen atoms in total. The van der Waals surface area contributed by atoms with Gasteiger partial charge >= 0.3 is 18.3 Å². The van der Waals surface area contributed by atoms with E-state index in [-0.39, 0.29) is 20.9 Å². The van der Waals surface area contributed by atoms with Crippen molar-refractivity contribution < 1.29 is 32.6 Å². The van der Waals surface area contributed by atoms with E-state index in [0.29, 0.717) is 5.56 Å². The van der Waals surface area contributed by atoms with Crippen molar-refractivity contribution in [1.29, 1.82) is 0 Å². The molecule has 0 bridgehead atoms. The first kappa shape index (κ1) is 17.9. The topological polar surface area (TPSA) is 89.6 Å².